The van der Waals surface area contributed by atoms with Crippen molar-refractivity contribution in [3.05, 3.63) is 64.7 Å². The fourth-order valence-corrected chi connectivity index (χ4v) is 3.40. The van der Waals surface area contributed by atoms with Gasteiger partial charge in [0.15, 0.2) is 0 Å². The number of phenols is 1. The molecular weight excluding hydrogens is 308 g/mol. The third-order valence-electron chi connectivity index (χ3n) is 4.45. The molecule has 0 unspecified atom stereocenters. The Kier molecular flexibility index (Phi) is 5.31. The Morgan fingerprint density at radius 1 is 1.13 bits per heavy atom. The van der Waals surface area contributed by atoms with Gasteiger partial charge in [-0.1, -0.05) is 41.9 Å². The molecule has 2 aromatic rings. The van der Waals surface area contributed by atoms with E-state index in [1.165, 1.54) is 31.5 Å². The number of likely N-dealkylation sites (tertiary alicyclic amines) is 1. The minimum absolute atomic E-state index is 0.211. The quantitative estimate of drug-likeness (QED) is 0.813. The van der Waals surface area contributed by atoms with Crippen LogP contribution < -0.4 is 4.90 Å². The summed E-state index contributed by atoms with van der Waals surface area (Å²) >= 11 is 5.98. The van der Waals surface area contributed by atoms with E-state index >= 15 is 0 Å². The normalized spacial score (nSPS) is 16.9. The average Bonchev–Trinajstić information content (AvgIpc) is 3.09. The molecule has 0 bridgehead atoms. The second-order valence-corrected chi connectivity index (χ2v) is 6.46. The van der Waals surface area contributed by atoms with Gasteiger partial charge in [-0.3, -0.25) is 4.99 Å². The van der Waals surface area contributed by atoms with Crippen LogP contribution in [0.25, 0.3) is 0 Å². The summed E-state index contributed by atoms with van der Waals surface area (Å²) in [7, 11) is 0. The summed E-state index contributed by atoms with van der Waals surface area (Å²) in [6.45, 7) is 3.13. The van der Waals surface area contributed by atoms with E-state index in [1.54, 1.807) is 29.3 Å². The molecule has 23 heavy (non-hydrogen) atoms. The molecule has 4 heteroatoms. The van der Waals surface area contributed by atoms with Crippen LogP contribution >= 0.6 is 11.6 Å². The summed E-state index contributed by atoms with van der Waals surface area (Å²) in [5.41, 5.74) is 2.00. The predicted octanol–water partition coefficient (Wildman–Crippen LogP) is 2.88. The number of hydrogen-bond donors (Lipinski definition) is 2. The number of nitrogens with zero attached hydrogens (tertiary/aromatic N) is 1. The molecule has 0 aliphatic carbocycles. The predicted molar refractivity (Wildman–Crippen MR) is 94.7 cm³/mol. The summed E-state index contributed by atoms with van der Waals surface area (Å²) in [6, 6.07) is 16.0. The van der Waals surface area contributed by atoms with Gasteiger partial charge in [0.25, 0.3) is 0 Å². The van der Waals surface area contributed by atoms with Crippen LogP contribution in [-0.2, 0) is 0 Å². The van der Waals surface area contributed by atoms with E-state index in [9.17, 15) is 5.11 Å². The minimum atomic E-state index is 0.211. The van der Waals surface area contributed by atoms with E-state index in [1.807, 2.05) is 6.07 Å². The van der Waals surface area contributed by atoms with Crippen molar-refractivity contribution in [3.63, 3.8) is 0 Å². The van der Waals surface area contributed by atoms with Gasteiger partial charge in [0.2, 0.25) is 0 Å². The average molecular weight is 330 g/mol. The molecule has 1 aliphatic heterocycles. The first-order valence-electron chi connectivity index (χ1n) is 8.12. The van der Waals surface area contributed by atoms with Crippen molar-refractivity contribution >= 4 is 17.8 Å². The Labute approximate surface area is 142 Å². The van der Waals surface area contributed by atoms with Crippen molar-refractivity contribution in [1.29, 1.82) is 0 Å². The van der Waals surface area contributed by atoms with Crippen molar-refractivity contribution < 1.29 is 10.0 Å². The Balaban J connectivity index is 1.76. The van der Waals surface area contributed by atoms with E-state index in [-0.39, 0.29) is 5.75 Å². The van der Waals surface area contributed by atoms with Crippen molar-refractivity contribution in [1.82, 2.24) is 0 Å². The smallest absolute Gasteiger partial charge is 0.133 e. The molecule has 3 rings (SSSR count). The highest BCUT2D eigenvalue weighted by Gasteiger charge is 2.26. The third kappa shape index (κ3) is 4.12. The van der Waals surface area contributed by atoms with E-state index < -0.39 is 0 Å². The summed E-state index contributed by atoms with van der Waals surface area (Å²) in [4.78, 5) is 6.20. The van der Waals surface area contributed by atoms with Crippen LogP contribution in [-0.4, -0.2) is 31.0 Å². The molecule has 0 saturated carbocycles. The molecule has 1 saturated heterocycles. The zero-order chi connectivity index (χ0) is 16.1. The lowest BCUT2D eigenvalue weighted by molar-refractivity contribution is -0.918. The lowest BCUT2D eigenvalue weighted by Crippen LogP contribution is -3.10. The Hall–Kier alpha value is -1.84. The molecule has 2 N–H and O–H groups in total. The fourth-order valence-electron chi connectivity index (χ4n) is 3.22. The summed E-state index contributed by atoms with van der Waals surface area (Å²) in [5.74, 6) is 0.211. The standard InChI is InChI=1S/C19H21ClN2O/c20-17-8-9-19(23)16(12-17)13-21-14-18(22-10-4-5-11-22)15-6-2-1-3-7-15/h1-3,6-9,12-13,18,23H,4-5,10-11,14H2/p+1/t18-/m0/s1. The second-order valence-electron chi connectivity index (χ2n) is 6.03. The molecule has 1 aliphatic rings. The number of quaternary nitrogens is 1. The van der Waals surface area contributed by atoms with E-state index in [4.69, 9.17) is 11.6 Å². The van der Waals surface area contributed by atoms with Crippen LogP contribution in [0, 0.1) is 0 Å². The monoisotopic (exact) mass is 329 g/mol. The SMILES string of the molecule is Oc1ccc(Cl)cc1C=NC[C@@H](c1ccccc1)[NH+]1CCCC1. The number of hydrogen-bond acceptors (Lipinski definition) is 2. The highest BCUT2D eigenvalue weighted by Crippen LogP contribution is 2.20. The second kappa shape index (κ2) is 7.62. The van der Waals surface area contributed by atoms with Crippen LogP contribution in [0.1, 0.15) is 30.0 Å². The molecule has 0 spiro atoms. The number of benzene rings is 2. The number of aliphatic imine (C=N–C) groups is 1. The van der Waals surface area contributed by atoms with Crippen LogP contribution in [0.3, 0.4) is 0 Å². The Bertz CT molecular complexity index is 666. The van der Waals surface area contributed by atoms with Gasteiger partial charge in [0.05, 0.1) is 19.6 Å². The maximum atomic E-state index is 9.87. The number of nitrogens with one attached hydrogen (secondary N) is 1. The van der Waals surface area contributed by atoms with Crippen molar-refractivity contribution in [2.45, 2.75) is 18.9 Å². The molecule has 0 aromatic heterocycles. The molecule has 1 fully saturated rings. The van der Waals surface area contributed by atoms with Gasteiger partial charge in [-0.2, -0.15) is 0 Å². The van der Waals surface area contributed by atoms with E-state index in [0.29, 0.717) is 23.2 Å². The maximum absolute atomic E-state index is 9.87. The lowest BCUT2D eigenvalue weighted by atomic mass is 10.1. The highest BCUT2D eigenvalue weighted by molar-refractivity contribution is 6.30. The van der Waals surface area contributed by atoms with Crippen LogP contribution in [0.4, 0.5) is 0 Å². The molecule has 1 heterocycles. The van der Waals surface area contributed by atoms with Gasteiger partial charge in [-0.05, 0) is 18.2 Å². The fraction of sp³-hybridized carbons (Fsp3) is 0.316. The van der Waals surface area contributed by atoms with Gasteiger partial charge in [-0.25, -0.2) is 0 Å². The number of rotatable bonds is 5. The van der Waals surface area contributed by atoms with Crippen LogP contribution in [0.15, 0.2) is 53.5 Å². The van der Waals surface area contributed by atoms with Gasteiger partial charge in [0, 0.05) is 35.2 Å². The zero-order valence-electron chi connectivity index (χ0n) is 13.1. The van der Waals surface area contributed by atoms with Gasteiger partial charge >= 0.3 is 0 Å². The van der Waals surface area contributed by atoms with Crippen molar-refractivity contribution in [2.75, 3.05) is 19.6 Å². The van der Waals surface area contributed by atoms with E-state index in [0.717, 1.165) is 0 Å². The van der Waals surface area contributed by atoms with E-state index in [2.05, 4.69) is 29.3 Å². The topological polar surface area (TPSA) is 37.0 Å². The van der Waals surface area contributed by atoms with Gasteiger partial charge in [0.1, 0.15) is 11.8 Å². The molecular formula is C19H22ClN2O+. The third-order valence-corrected chi connectivity index (χ3v) is 4.68. The summed E-state index contributed by atoms with van der Waals surface area (Å²) < 4.78 is 0. The lowest BCUT2D eigenvalue weighted by Gasteiger charge is -2.23. The number of aromatic hydroxyl groups is 1. The molecule has 120 valence electrons. The van der Waals surface area contributed by atoms with Gasteiger partial charge in [-0.15, -0.1) is 0 Å². The molecule has 3 nitrogen and oxygen atoms in total. The molecule has 2 aromatic carbocycles. The summed E-state index contributed by atoms with van der Waals surface area (Å²) in [5, 5.41) is 10.5. The van der Waals surface area contributed by atoms with Crippen molar-refractivity contribution in [2.24, 2.45) is 4.99 Å². The highest BCUT2D eigenvalue weighted by atomic mass is 35.5. The zero-order valence-corrected chi connectivity index (χ0v) is 13.8. The molecule has 1 atom stereocenters. The number of halogens is 1. The number of phenolic OH excluding ortho intramolecular Hbond substituents is 1. The maximum Gasteiger partial charge on any atom is 0.133 e. The first-order chi connectivity index (χ1) is 11.2. The largest absolute Gasteiger partial charge is 0.507 e. The van der Waals surface area contributed by atoms with Crippen LogP contribution in [0.5, 0.6) is 5.75 Å². The minimum Gasteiger partial charge on any atom is -0.507 e. The molecule has 0 amide bonds. The first kappa shape index (κ1) is 16.0. The Morgan fingerprint density at radius 3 is 2.61 bits per heavy atom. The van der Waals surface area contributed by atoms with Crippen molar-refractivity contribution in [3.8, 4) is 5.75 Å². The van der Waals surface area contributed by atoms with Crippen LogP contribution in [0.2, 0.25) is 5.02 Å². The Morgan fingerprint density at radius 2 is 1.87 bits per heavy atom. The summed E-state index contributed by atoms with van der Waals surface area (Å²) in [6.07, 6.45) is 4.31. The molecule has 0 radical (unpaired) electrons. The van der Waals surface area contributed by atoms with Gasteiger partial charge < -0.3 is 10.0 Å². The first-order valence-corrected chi connectivity index (χ1v) is 8.50.